The van der Waals surface area contributed by atoms with E-state index in [1.54, 1.807) is 16.8 Å². The van der Waals surface area contributed by atoms with E-state index in [1.165, 1.54) is 12.4 Å². The van der Waals surface area contributed by atoms with Gasteiger partial charge in [-0.15, -0.1) is 0 Å². The topological polar surface area (TPSA) is 76.9 Å². The lowest BCUT2D eigenvalue weighted by molar-refractivity contribution is 0.509. The zero-order valence-electron chi connectivity index (χ0n) is 14.8. The van der Waals surface area contributed by atoms with Crippen molar-refractivity contribution >= 4 is 10.0 Å². The third-order valence-electron chi connectivity index (χ3n) is 3.90. The van der Waals surface area contributed by atoms with Gasteiger partial charge in [-0.3, -0.25) is 4.98 Å². The largest absolute Gasteiger partial charge is 0.327 e. The van der Waals surface area contributed by atoms with Gasteiger partial charge in [0, 0.05) is 24.8 Å². The van der Waals surface area contributed by atoms with Gasteiger partial charge in [0.15, 0.2) is 11.6 Å². The van der Waals surface area contributed by atoms with Crippen molar-refractivity contribution < 1.29 is 17.2 Å². The van der Waals surface area contributed by atoms with Crippen molar-refractivity contribution in [3.05, 3.63) is 60.1 Å². The summed E-state index contributed by atoms with van der Waals surface area (Å²) in [5.74, 6) is -1.91. The van der Waals surface area contributed by atoms with Crippen molar-refractivity contribution in [3.8, 4) is 22.6 Å². The number of nitrogens with one attached hydrogen (secondary N) is 1. The highest BCUT2D eigenvalue weighted by molar-refractivity contribution is 7.88. The van der Waals surface area contributed by atoms with Crippen LogP contribution in [-0.4, -0.2) is 35.8 Å². The molecular weight excluding hydrogens is 374 g/mol. The number of hydrogen-bond acceptors (Lipinski definition) is 4. The SMILES string of the molecule is Cc1ccc(-c2c(-c3ccc(F)c(F)c3)ncn2CCNS(C)(=O)=O)nc1. The zero-order valence-corrected chi connectivity index (χ0v) is 15.6. The average Bonchev–Trinajstić information content (AvgIpc) is 3.01. The van der Waals surface area contributed by atoms with Crippen LogP contribution in [0.3, 0.4) is 0 Å². The second kappa shape index (κ2) is 7.53. The number of rotatable bonds is 6. The van der Waals surface area contributed by atoms with Crippen LogP contribution in [0.2, 0.25) is 0 Å². The van der Waals surface area contributed by atoms with Crippen LogP contribution in [0.15, 0.2) is 42.9 Å². The molecule has 1 aromatic carbocycles. The number of nitrogens with zero attached hydrogens (tertiary/aromatic N) is 3. The first-order valence-corrected chi connectivity index (χ1v) is 10.0. The quantitative estimate of drug-likeness (QED) is 0.700. The Kier molecular flexibility index (Phi) is 5.33. The van der Waals surface area contributed by atoms with Crippen molar-refractivity contribution in [1.29, 1.82) is 0 Å². The van der Waals surface area contributed by atoms with Gasteiger partial charge in [-0.1, -0.05) is 6.07 Å². The molecule has 0 spiro atoms. The Morgan fingerprint density at radius 1 is 1.11 bits per heavy atom. The van der Waals surface area contributed by atoms with E-state index in [4.69, 9.17) is 0 Å². The van der Waals surface area contributed by atoms with Crippen molar-refractivity contribution in [3.63, 3.8) is 0 Å². The second-order valence-electron chi connectivity index (χ2n) is 6.15. The van der Waals surface area contributed by atoms with Crippen molar-refractivity contribution in [2.75, 3.05) is 12.8 Å². The molecule has 2 heterocycles. The van der Waals surface area contributed by atoms with Gasteiger partial charge in [0.05, 0.1) is 29.7 Å². The Balaban J connectivity index is 2.05. The third-order valence-corrected chi connectivity index (χ3v) is 4.63. The van der Waals surface area contributed by atoms with Crippen LogP contribution in [0.25, 0.3) is 22.6 Å². The molecule has 0 unspecified atom stereocenters. The molecule has 3 rings (SSSR count). The van der Waals surface area contributed by atoms with Crippen molar-refractivity contribution in [1.82, 2.24) is 19.3 Å². The maximum Gasteiger partial charge on any atom is 0.208 e. The fourth-order valence-electron chi connectivity index (χ4n) is 2.63. The Bertz CT molecular complexity index is 1060. The van der Waals surface area contributed by atoms with E-state index < -0.39 is 21.7 Å². The number of sulfonamides is 1. The summed E-state index contributed by atoms with van der Waals surface area (Å²) < 4.78 is 53.7. The van der Waals surface area contributed by atoms with E-state index in [-0.39, 0.29) is 6.54 Å². The Hall–Kier alpha value is -2.65. The minimum Gasteiger partial charge on any atom is -0.327 e. The molecule has 0 aliphatic carbocycles. The van der Waals surface area contributed by atoms with Crippen LogP contribution in [0.4, 0.5) is 8.78 Å². The summed E-state index contributed by atoms with van der Waals surface area (Å²) in [6.07, 6.45) is 4.30. The lowest BCUT2D eigenvalue weighted by atomic mass is 10.1. The Labute approximate surface area is 156 Å². The summed E-state index contributed by atoms with van der Waals surface area (Å²) in [7, 11) is -3.32. The molecule has 6 nitrogen and oxygen atoms in total. The summed E-state index contributed by atoms with van der Waals surface area (Å²) in [6, 6.07) is 7.24. The normalized spacial score (nSPS) is 11.7. The highest BCUT2D eigenvalue weighted by atomic mass is 32.2. The summed E-state index contributed by atoms with van der Waals surface area (Å²) in [6.45, 7) is 2.36. The molecule has 142 valence electrons. The second-order valence-corrected chi connectivity index (χ2v) is 7.98. The first kappa shape index (κ1) is 19.1. The maximum absolute atomic E-state index is 13.7. The van der Waals surface area contributed by atoms with E-state index in [2.05, 4.69) is 14.7 Å². The monoisotopic (exact) mass is 392 g/mol. The number of aromatic nitrogens is 3. The molecule has 2 aromatic heterocycles. The summed E-state index contributed by atoms with van der Waals surface area (Å²) >= 11 is 0. The molecule has 0 radical (unpaired) electrons. The van der Waals surface area contributed by atoms with Gasteiger partial charge in [0.25, 0.3) is 0 Å². The van der Waals surface area contributed by atoms with E-state index >= 15 is 0 Å². The molecule has 0 bridgehead atoms. The zero-order chi connectivity index (χ0) is 19.6. The third kappa shape index (κ3) is 4.55. The van der Waals surface area contributed by atoms with Gasteiger partial charge in [0.2, 0.25) is 10.0 Å². The molecule has 0 aliphatic heterocycles. The molecule has 1 N–H and O–H groups in total. The predicted molar refractivity (Wildman–Crippen MR) is 98.4 cm³/mol. The van der Waals surface area contributed by atoms with Gasteiger partial charge >= 0.3 is 0 Å². The van der Waals surface area contributed by atoms with E-state index in [9.17, 15) is 17.2 Å². The average molecular weight is 392 g/mol. The smallest absolute Gasteiger partial charge is 0.208 e. The molecule has 0 fully saturated rings. The lowest BCUT2D eigenvalue weighted by Crippen LogP contribution is -2.26. The first-order valence-electron chi connectivity index (χ1n) is 8.13. The minimum absolute atomic E-state index is 0.158. The molecule has 0 aliphatic rings. The maximum atomic E-state index is 13.7. The number of imidazole rings is 1. The molecule has 0 atom stereocenters. The number of aryl methyl sites for hydroxylation is 1. The summed E-state index contributed by atoms with van der Waals surface area (Å²) in [4.78, 5) is 8.72. The molecule has 0 saturated heterocycles. The molecule has 9 heteroatoms. The standard InChI is InChI=1S/C18H18F2N4O2S/c1-12-3-6-16(21-10-12)18-17(13-4-5-14(19)15(20)9-13)22-11-24(18)8-7-23-27(2,25)26/h3-6,9-11,23H,7-8H2,1-2H3. The van der Waals surface area contributed by atoms with Gasteiger partial charge < -0.3 is 4.57 Å². The van der Waals surface area contributed by atoms with E-state index in [1.807, 2.05) is 13.0 Å². The van der Waals surface area contributed by atoms with Gasteiger partial charge in [-0.25, -0.2) is 26.9 Å². The van der Waals surface area contributed by atoms with Crippen LogP contribution < -0.4 is 4.72 Å². The molecule has 3 aromatic rings. The fraction of sp³-hybridized carbons (Fsp3) is 0.222. The summed E-state index contributed by atoms with van der Waals surface area (Å²) in [5.41, 5.74) is 3.00. The lowest BCUT2D eigenvalue weighted by Gasteiger charge is -2.11. The Morgan fingerprint density at radius 2 is 1.89 bits per heavy atom. The van der Waals surface area contributed by atoms with Crippen LogP contribution in [0, 0.1) is 18.6 Å². The number of halogens is 2. The predicted octanol–water partition coefficient (Wildman–Crippen LogP) is 2.75. The van der Waals surface area contributed by atoms with E-state index in [0.29, 0.717) is 29.2 Å². The van der Waals surface area contributed by atoms with Crippen LogP contribution in [0.1, 0.15) is 5.56 Å². The molecule has 27 heavy (non-hydrogen) atoms. The highest BCUT2D eigenvalue weighted by Crippen LogP contribution is 2.31. The minimum atomic E-state index is -3.32. The van der Waals surface area contributed by atoms with E-state index in [0.717, 1.165) is 24.0 Å². The van der Waals surface area contributed by atoms with Gasteiger partial charge in [0.1, 0.15) is 0 Å². The van der Waals surface area contributed by atoms with Gasteiger partial charge in [-0.05, 0) is 36.8 Å². The van der Waals surface area contributed by atoms with Crippen molar-refractivity contribution in [2.24, 2.45) is 0 Å². The number of hydrogen-bond donors (Lipinski definition) is 1. The number of pyridine rings is 1. The summed E-state index contributed by atoms with van der Waals surface area (Å²) in [5, 5.41) is 0. The molecule has 0 amide bonds. The van der Waals surface area contributed by atoms with Crippen molar-refractivity contribution in [2.45, 2.75) is 13.5 Å². The molecular formula is C18H18F2N4O2S. The Morgan fingerprint density at radius 3 is 2.52 bits per heavy atom. The number of benzene rings is 1. The molecule has 0 saturated carbocycles. The highest BCUT2D eigenvalue weighted by Gasteiger charge is 2.17. The van der Waals surface area contributed by atoms with Crippen LogP contribution in [0.5, 0.6) is 0 Å². The fourth-order valence-corrected chi connectivity index (χ4v) is 3.10. The van der Waals surface area contributed by atoms with Crippen LogP contribution in [-0.2, 0) is 16.6 Å². The first-order chi connectivity index (χ1) is 12.7. The van der Waals surface area contributed by atoms with Gasteiger partial charge in [-0.2, -0.15) is 0 Å². The van der Waals surface area contributed by atoms with Crippen LogP contribution >= 0.6 is 0 Å².